The molecule has 1 aromatic rings. The number of rotatable bonds is 11. The van der Waals surface area contributed by atoms with Crippen LogP contribution in [0.15, 0.2) is 92.0 Å². The van der Waals surface area contributed by atoms with Gasteiger partial charge in [-0.05, 0) is 73.6 Å². The van der Waals surface area contributed by atoms with E-state index < -0.39 is 6.10 Å². The van der Waals surface area contributed by atoms with Gasteiger partial charge in [0.05, 0.1) is 40.3 Å². The number of H-pyrrole nitrogens is 1. The third-order valence-electron chi connectivity index (χ3n) is 7.53. The molecule has 5 rings (SSSR count). The molecular weight excluding hydrogens is 496 g/mol. The molecule has 0 amide bonds. The van der Waals surface area contributed by atoms with Crippen LogP contribution in [0.3, 0.4) is 0 Å². The van der Waals surface area contributed by atoms with Crippen LogP contribution in [0.5, 0.6) is 0 Å². The van der Waals surface area contributed by atoms with E-state index in [9.17, 15) is 10.2 Å². The first-order valence-electron chi connectivity index (χ1n) is 14.8. The average molecular weight is 537 g/mol. The predicted molar refractivity (Wildman–Crippen MR) is 166 cm³/mol. The molecule has 0 radical (unpaired) electrons. The summed E-state index contributed by atoms with van der Waals surface area (Å²) in [6, 6.07) is 2.02. The molecule has 8 bridgehead atoms. The molecule has 1 unspecified atom stereocenters. The molecule has 0 aromatic carbocycles. The van der Waals surface area contributed by atoms with Crippen molar-refractivity contribution in [2.24, 2.45) is 15.0 Å². The molecule has 0 spiro atoms. The molecule has 5 heterocycles. The fourth-order valence-corrected chi connectivity index (χ4v) is 5.33. The quantitative estimate of drug-likeness (QED) is 0.222. The van der Waals surface area contributed by atoms with E-state index in [0.29, 0.717) is 17.9 Å². The number of unbranched alkanes of at least 4 members (excludes halogenated alkanes) is 6. The van der Waals surface area contributed by atoms with Crippen LogP contribution >= 0.6 is 0 Å². The SMILES string of the molecule is CCCCCC/C(O)=C1/C=C2C=C3C=CC(=N3)C=c3[nH]c(cc3C(O)CCCCCC)=CC3=NC(=CC1=N2)C=C3. The van der Waals surface area contributed by atoms with E-state index >= 15 is 0 Å². The summed E-state index contributed by atoms with van der Waals surface area (Å²) in [4.78, 5) is 17.9. The second-order valence-electron chi connectivity index (χ2n) is 10.9. The molecule has 6 nitrogen and oxygen atoms in total. The van der Waals surface area contributed by atoms with Gasteiger partial charge in [-0.15, -0.1) is 0 Å². The number of hydrogen-bond donors (Lipinski definition) is 3. The van der Waals surface area contributed by atoms with Gasteiger partial charge < -0.3 is 15.2 Å². The zero-order chi connectivity index (χ0) is 27.9. The predicted octanol–water partition coefficient (Wildman–Crippen LogP) is 6.50. The highest BCUT2D eigenvalue weighted by Crippen LogP contribution is 2.27. The van der Waals surface area contributed by atoms with Crippen molar-refractivity contribution >= 4 is 29.3 Å². The van der Waals surface area contributed by atoms with Gasteiger partial charge in [0.2, 0.25) is 0 Å². The standard InChI is InChI=1S/C34H40N4O2/c1-3-5-7-9-11-33(39)29-19-27-17-23-14-16-26(36-23)22-32-30(34(40)12-10-8-6-4-2)20-28(38-32)18-24-13-15-25(35-24)21-31(29)37-27/h13-22,33,37,39-40H,3-12H2,1-2H3/b24-18?,26-22?,27-17?,31-21?,34-30+. The Balaban J connectivity index is 1.52. The van der Waals surface area contributed by atoms with E-state index in [4.69, 9.17) is 15.0 Å². The van der Waals surface area contributed by atoms with Crippen LogP contribution < -0.4 is 10.7 Å². The zero-order valence-electron chi connectivity index (χ0n) is 23.7. The molecular formula is C34H40N4O2. The van der Waals surface area contributed by atoms with Crippen LogP contribution in [0.4, 0.5) is 0 Å². The van der Waals surface area contributed by atoms with Crippen LogP contribution in [-0.2, 0) is 0 Å². The highest BCUT2D eigenvalue weighted by atomic mass is 16.3. The minimum absolute atomic E-state index is 0.370. The first kappa shape index (κ1) is 27.8. The molecule has 208 valence electrons. The highest BCUT2D eigenvalue weighted by molar-refractivity contribution is 6.21. The van der Waals surface area contributed by atoms with Crippen molar-refractivity contribution < 1.29 is 10.2 Å². The van der Waals surface area contributed by atoms with Gasteiger partial charge >= 0.3 is 0 Å². The highest BCUT2D eigenvalue weighted by Gasteiger charge is 2.19. The van der Waals surface area contributed by atoms with Gasteiger partial charge in [0.25, 0.3) is 0 Å². The summed E-state index contributed by atoms with van der Waals surface area (Å²) in [6.45, 7) is 4.38. The van der Waals surface area contributed by atoms with Gasteiger partial charge in [-0.25, -0.2) is 15.0 Å². The number of allylic oxidation sites excluding steroid dienone is 9. The molecule has 0 aliphatic carbocycles. The fraction of sp³-hybridized carbons (Fsp3) is 0.382. The number of aliphatic hydroxyl groups is 2. The smallest absolute Gasteiger partial charge is 0.102 e. The number of aliphatic imine (C=N–C) groups is 3. The molecule has 4 aliphatic heterocycles. The van der Waals surface area contributed by atoms with Crippen molar-refractivity contribution in [1.29, 1.82) is 0 Å². The maximum atomic E-state index is 11.1. The Hall–Kier alpha value is -3.77. The zero-order valence-corrected chi connectivity index (χ0v) is 23.7. The molecule has 3 N–H and O–H groups in total. The Morgan fingerprint density at radius 2 is 1.45 bits per heavy atom. The largest absolute Gasteiger partial charge is 0.512 e. The van der Waals surface area contributed by atoms with Crippen LogP contribution in [0.1, 0.15) is 89.7 Å². The van der Waals surface area contributed by atoms with Gasteiger partial charge in [0.15, 0.2) is 0 Å². The third kappa shape index (κ3) is 6.86. The topological polar surface area (TPSA) is 93.3 Å². The molecule has 1 aromatic heterocycles. The summed E-state index contributed by atoms with van der Waals surface area (Å²) >= 11 is 0. The van der Waals surface area contributed by atoms with Gasteiger partial charge in [0, 0.05) is 28.3 Å². The Labute approximate surface area is 236 Å². The first-order chi connectivity index (χ1) is 19.5. The van der Waals surface area contributed by atoms with E-state index in [2.05, 4.69) is 18.8 Å². The minimum Gasteiger partial charge on any atom is -0.512 e. The fourth-order valence-electron chi connectivity index (χ4n) is 5.33. The van der Waals surface area contributed by atoms with Gasteiger partial charge in [-0.2, -0.15) is 0 Å². The van der Waals surface area contributed by atoms with E-state index in [1.54, 1.807) is 0 Å². The second kappa shape index (κ2) is 13.1. The van der Waals surface area contributed by atoms with Gasteiger partial charge in [0.1, 0.15) is 5.76 Å². The number of nitrogens with zero attached hydrogens (tertiary/aromatic N) is 3. The van der Waals surface area contributed by atoms with Crippen molar-refractivity contribution in [3.63, 3.8) is 0 Å². The molecule has 4 aliphatic rings. The van der Waals surface area contributed by atoms with Crippen LogP contribution in [-0.4, -0.2) is 32.3 Å². The van der Waals surface area contributed by atoms with Crippen molar-refractivity contribution in [3.05, 3.63) is 93.3 Å². The summed E-state index contributed by atoms with van der Waals surface area (Å²) in [6.07, 6.45) is 27.4. The van der Waals surface area contributed by atoms with Crippen molar-refractivity contribution in [2.45, 2.75) is 84.2 Å². The molecule has 1 atom stereocenters. The Kier molecular flexibility index (Phi) is 9.07. The Morgan fingerprint density at radius 3 is 2.20 bits per heavy atom. The van der Waals surface area contributed by atoms with Crippen molar-refractivity contribution in [1.82, 2.24) is 4.98 Å². The minimum atomic E-state index is -0.544. The van der Waals surface area contributed by atoms with E-state index in [1.165, 1.54) is 19.3 Å². The van der Waals surface area contributed by atoms with Crippen molar-refractivity contribution in [2.75, 3.05) is 0 Å². The lowest BCUT2D eigenvalue weighted by molar-refractivity contribution is 0.162. The molecule has 40 heavy (non-hydrogen) atoms. The summed E-state index contributed by atoms with van der Waals surface area (Å²) in [5.74, 6) is 0.370. The van der Waals surface area contributed by atoms with Crippen LogP contribution in [0, 0.1) is 0 Å². The Bertz CT molecular complexity index is 1540. The average Bonchev–Trinajstić information content (AvgIpc) is 3.73. The molecule has 0 saturated heterocycles. The number of aromatic nitrogens is 1. The van der Waals surface area contributed by atoms with Crippen molar-refractivity contribution in [3.8, 4) is 0 Å². The lowest BCUT2D eigenvalue weighted by Crippen LogP contribution is -2.16. The number of aromatic amines is 1. The second-order valence-corrected chi connectivity index (χ2v) is 10.9. The van der Waals surface area contributed by atoms with E-state index in [-0.39, 0.29) is 0 Å². The summed E-state index contributed by atoms with van der Waals surface area (Å²) in [5, 5.41) is 23.8. The van der Waals surface area contributed by atoms with Gasteiger partial charge in [-0.1, -0.05) is 58.8 Å². The summed E-state index contributed by atoms with van der Waals surface area (Å²) in [7, 11) is 0. The number of hydrogen-bond acceptors (Lipinski definition) is 5. The maximum Gasteiger partial charge on any atom is 0.102 e. The first-order valence-corrected chi connectivity index (χ1v) is 14.8. The monoisotopic (exact) mass is 536 g/mol. The van der Waals surface area contributed by atoms with Crippen LogP contribution in [0.2, 0.25) is 0 Å². The van der Waals surface area contributed by atoms with E-state index in [1.807, 2.05) is 60.8 Å². The maximum absolute atomic E-state index is 11.1. The lowest BCUT2D eigenvalue weighted by atomic mass is 10.0. The normalized spacial score (nSPS) is 19.3. The number of aliphatic hydroxyl groups excluding tert-OH is 2. The summed E-state index contributed by atoms with van der Waals surface area (Å²) < 4.78 is 0. The summed E-state index contributed by atoms with van der Waals surface area (Å²) in [5.41, 5.74) is 6.31. The van der Waals surface area contributed by atoms with Crippen LogP contribution in [0.25, 0.3) is 12.2 Å². The molecule has 0 saturated carbocycles. The van der Waals surface area contributed by atoms with Gasteiger partial charge in [-0.3, -0.25) is 0 Å². The lowest BCUT2D eigenvalue weighted by Gasteiger charge is -2.08. The molecule has 0 fully saturated rings. The molecule has 6 heteroatoms. The number of fused-ring (bicyclic) bond motifs is 5. The number of nitrogens with one attached hydrogen (secondary N) is 1. The van der Waals surface area contributed by atoms with E-state index in [0.717, 1.165) is 88.9 Å². The third-order valence-corrected chi connectivity index (χ3v) is 7.53. The Morgan fingerprint density at radius 1 is 0.750 bits per heavy atom.